The largest absolute Gasteiger partial charge is 0.465 e. The lowest BCUT2D eigenvalue weighted by Gasteiger charge is -2.28. The van der Waals surface area contributed by atoms with Crippen LogP contribution >= 0.6 is 0 Å². The minimum Gasteiger partial charge on any atom is -0.465 e. The second-order valence-electron chi connectivity index (χ2n) is 11.6. The van der Waals surface area contributed by atoms with Crippen LogP contribution in [0, 0.1) is 5.92 Å². The highest BCUT2D eigenvalue weighted by atomic mass is 16.5. The van der Waals surface area contributed by atoms with Crippen LogP contribution in [0.5, 0.6) is 0 Å². The van der Waals surface area contributed by atoms with E-state index in [1.54, 1.807) is 6.92 Å². The number of fused-ring (bicyclic) bond motifs is 1. The Bertz CT molecular complexity index is 1480. The molecule has 1 saturated carbocycles. The standard InChI is InChI=1S/C36H43N3O7/c1-2-46-33(41)22-37-36(44)34(42)31(24-45-23-26-14-7-4-8-15-26)39-35(43)30(20-25-12-5-3-6-13-25)38-32(40)21-28-18-11-17-27-16-9-10-19-29(27)28/h4,7-11,14-19,25,30-31H,2-3,5-6,12-13,20-24H2,1H3,(H,37,44)(H,38,40)(H,39,43)/t30-,31?/m1/s1. The van der Waals surface area contributed by atoms with Crippen molar-refractivity contribution in [3.63, 3.8) is 0 Å². The van der Waals surface area contributed by atoms with Crippen molar-refractivity contribution in [2.45, 2.75) is 70.6 Å². The Balaban J connectivity index is 1.48. The van der Waals surface area contributed by atoms with Crippen molar-refractivity contribution in [1.82, 2.24) is 16.0 Å². The second kappa shape index (κ2) is 17.8. The maximum Gasteiger partial charge on any atom is 0.325 e. The van der Waals surface area contributed by atoms with Gasteiger partial charge >= 0.3 is 5.97 Å². The first kappa shape index (κ1) is 34.3. The molecule has 46 heavy (non-hydrogen) atoms. The van der Waals surface area contributed by atoms with E-state index < -0.39 is 42.2 Å². The van der Waals surface area contributed by atoms with E-state index >= 15 is 0 Å². The molecule has 3 aromatic rings. The molecular weight excluding hydrogens is 586 g/mol. The fourth-order valence-corrected chi connectivity index (χ4v) is 5.79. The fourth-order valence-electron chi connectivity index (χ4n) is 5.79. The van der Waals surface area contributed by atoms with Gasteiger partial charge in [0.2, 0.25) is 17.6 Å². The molecule has 0 heterocycles. The van der Waals surface area contributed by atoms with Crippen LogP contribution in [0.25, 0.3) is 10.8 Å². The number of ketones is 1. The number of nitrogens with one attached hydrogen (secondary N) is 3. The van der Waals surface area contributed by atoms with Gasteiger partial charge in [-0.25, -0.2) is 0 Å². The molecule has 1 aliphatic carbocycles. The quantitative estimate of drug-likeness (QED) is 0.162. The highest BCUT2D eigenvalue weighted by Crippen LogP contribution is 2.27. The molecule has 0 saturated heterocycles. The van der Waals surface area contributed by atoms with Gasteiger partial charge in [0.1, 0.15) is 18.6 Å². The molecule has 10 heteroatoms. The molecule has 0 aliphatic heterocycles. The van der Waals surface area contributed by atoms with Crippen LogP contribution in [0.4, 0.5) is 0 Å². The number of Topliss-reactive ketones (excluding diaryl/α,β-unsaturated/α-hetero) is 1. The Hall–Kier alpha value is -4.57. The van der Waals surface area contributed by atoms with Crippen molar-refractivity contribution >= 4 is 40.2 Å². The zero-order chi connectivity index (χ0) is 32.7. The predicted molar refractivity (Wildman–Crippen MR) is 173 cm³/mol. The van der Waals surface area contributed by atoms with Gasteiger partial charge in [-0.15, -0.1) is 0 Å². The summed E-state index contributed by atoms with van der Waals surface area (Å²) in [6.07, 6.45) is 5.62. The molecule has 3 N–H and O–H groups in total. The third kappa shape index (κ3) is 10.5. The summed E-state index contributed by atoms with van der Waals surface area (Å²) in [6.45, 7) is 1.14. The van der Waals surface area contributed by atoms with Crippen LogP contribution in [0.3, 0.4) is 0 Å². The minimum atomic E-state index is -1.35. The fraction of sp³-hybridized carbons (Fsp3) is 0.417. The van der Waals surface area contributed by atoms with Gasteiger partial charge in [0, 0.05) is 0 Å². The monoisotopic (exact) mass is 629 g/mol. The zero-order valence-corrected chi connectivity index (χ0v) is 26.3. The van der Waals surface area contributed by atoms with Gasteiger partial charge in [-0.2, -0.15) is 0 Å². The number of amides is 3. The maximum atomic E-state index is 13.8. The van der Waals surface area contributed by atoms with E-state index in [0.29, 0.717) is 6.42 Å². The van der Waals surface area contributed by atoms with Crippen molar-refractivity contribution in [1.29, 1.82) is 0 Å². The lowest BCUT2D eigenvalue weighted by atomic mass is 9.84. The van der Waals surface area contributed by atoms with E-state index in [2.05, 4.69) is 16.0 Å². The smallest absolute Gasteiger partial charge is 0.325 e. The highest BCUT2D eigenvalue weighted by Gasteiger charge is 2.32. The van der Waals surface area contributed by atoms with Gasteiger partial charge in [0.25, 0.3) is 5.91 Å². The molecule has 0 spiro atoms. The number of carbonyl (C=O) groups is 5. The second-order valence-corrected chi connectivity index (χ2v) is 11.6. The normalized spacial score (nSPS) is 14.5. The summed E-state index contributed by atoms with van der Waals surface area (Å²) in [5, 5.41) is 9.84. The number of esters is 1. The summed E-state index contributed by atoms with van der Waals surface area (Å²) < 4.78 is 10.6. The SMILES string of the molecule is CCOC(=O)CNC(=O)C(=O)C(COCc1ccccc1)NC(=O)[C@@H](CC1CCCCC1)NC(=O)Cc1cccc2ccccc12. The molecule has 10 nitrogen and oxygen atoms in total. The zero-order valence-electron chi connectivity index (χ0n) is 26.3. The molecule has 244 valence electrons. The van der Waals surface area contributed by atoms with Crippen LogP contribution in [0.15, 0.2) is 72.8 Å². The molecule has 1 unspecified atom stereocenters. The Morgan fingerprint density at radius 3 is 2.30 bits per heavy atom. The van der Waals surface area contributed by atoms with Gasteiger partial charge in [-0.1, -0.05) is 105 Å². The third-order valence-corrected chi connectivity index (χ3v) is 8.13. The number of carbonyl (C=O) groups excluding carboxylic acids is 5. The summed E-state index contributed by atoms with van der Waals surface area (Å²) in [4.78, 5) is 64.9. The Morgan fingerprint density at radius 1 is 0.826 bits per heavy atom. The predicted octanol–water partition coefficient (Wildman–Crippen LogP) is 3.79. The summed E-state index contributed by atoms with van der Waals surface area (Å²) in [6, 6.07) is 20.6. The summed E-state index contributed by atoms with van der Waals surface area (Å²) in [7, 11) is 0. The molecule has 3 amide bonds. The Morgan fingerprint density at radius 2 is 1.54 bits per heavy atom. The summed E-state index contributed by atoms with van der Waals surface area (Å²) in [5.41, 5.74) is 1.69. The maximum absolute atomic E-state index is 13.8. The molecular formula is C36H43N3O7. The van der Waals surface area contributed by atoms with Gasteiger partial charge < -0.3 is 25.4 Å². The van der Waals surface area contributed by atoms with Crippen molar-refractivity contribution in [3.8, 4) is 0 Å². The number of rotatable bonds is 16. The first-order valence-electron chi connectivity index (χ1n) is 16.0. The summed E-state index contributed by atoms with van der Waals surface area (Å²) in [5.74, 6) is -3.36. The van der Waals surface area contributed by atoms with Crippen LogP contribution in [0.2, 0.25) is 0 Å². The van der Waals surface area contributed by atoms with Crippen molar-refractivity contribution in [3.05, 3.63) is 83.9 Å². The molecule has 4 rings (SSSR count). The molecule has 3 aromatic carbocycles. The average molecular weight is 630 g/mol. The van der Waals surface area contributed by atoms with E-state index in [1.807, 2.05) is 72.8 Å². The number of hydrogen-bond donors (Lipinski definition) is 3. The minimum absolute atomic E-state index is 0.0780. The topological polar surface area (TPSA) is 140 Å². The molecule has 1 aliphatic rings. The Labute approximate surface area is 269 Å². The van der Waals surface area contributed by atoms with Crippen LogP contribution in [-0.4, -0.2) is 61.3 Å². The van der Waals surface area contributed by atoms with Gasteiger partial charge in [0.15, 0.2) is 0 Å². The van der Waals surface area contributed by atoms with Crippen LogP contribution in [0.1, 0.15) is 56.6 Å². The summed E-state index contributed by atoms with van der Waals surface area (Å²) >= 11 is 0. The van der Waals surface area contributed by atoms with Crippen LogP contribution < -0.4 is 16.0 Å². The Kier molecular flexibility index (Phi) is 13.3. The first-order chi connectivity index (χ1) is 22.3. The van der Waals surface area contributed by atoms with Gasteiger partial charge in [0.05, 0.1) is 26.2 Å². The van der Waals surface area contributed by atoms with E-state index in [1.165, 1.54) is 0 Å². The highest BCUT2D eigenvalue weighted by molar-refractivity contribution is 6.38. The van der Waals surface area contributed by atoms with Gasteiger partial charge in [-0.3, -0.25) is 24.0 Å². The molecule has 2 atom stereocenters. The third-order valence-electron chi connectivity index (χ3n) is 8.13. The number of hydrogen-bond acceptors (Lipinski definition) is 7. The average Bonchev–Trinajstić information content (AvgIpc) is 3.07. The molecule has 1 fully saturated rings. The van der Waals surface area contributed by atoms with Crippen LogP contribution in [-0.2, 0) is 46.5 Å². The number of ether oxygens (including phenoxy) is 2. The first-order valence-corrected chi connectivity index (χ1v) is 16.0. The lowest BCUT2D eigenvalue weighted by Crippen LogP contribution is -2.56. The number of benzene rings is 3. The van der Waals surface area contributed by atoms with Crippen molar-refractivity contribution in [2.75, 3.05) is 19.8 Å². The lowest BCUT2D eigenvalue weighted by molar-refractivity contribution is -0.146. The van der Waals surface area contributed by atoms with E-state index in [0.717, 1.165) is 54.0 Å². The molecule has 0 bridgehead atoms. The van der Waals surface area contributed by atoms with Crippen molar-refractivity contribution < 1.29 is 33.4 Å². The molecule has 0 aromatic heterocycles. The van der Waals surface area contributed by atoms with E-state index in [4.69, 9.17) is 9.47 Å². The van der Waals surface area contributed by atoms with E-state index in [9.17, 15) is 24.0 Å². The van der Waals surface area contributed by atoms with E-state index in [-0.39, 0.29) is 38.1 Å². The molecule has 0 radical (unpaired) electrons. The van der Waals surface area contributed by atoms with Crippen molar-refractivity contribution in [2.24, 2.45) is 5.92 Å². The van der Waals surface area contributed by atoms with Gasteiger partial charge in [-0.05, 0) is 41.2 Å².